The summed E-state index contributed by atoms with van der Waals surface area (Å²) in [5.74, 6) is 0.467. The van der Waals surface area contributed by atoms with Crippen LogP contribution in [0.4, 0.5) is 0 Å². The van der Waals surface area contributed by atoms with Gasteiger partial charge in [0.25, 0.3) is 0 Å². The quantitative estimate of drug-likeness (QED) is 0.490. The Kier molecular flexibility index (Phi) is 7.92. The number of carbonyl (C=O) groups excluding carboxylic acids is 2. The number of ketones is 2. The van der Waals surface area contributed by atoms with Gasteiger partial charge in [-0.3, -0.25) is 9.59 Å². The molecule has 2 N–H and O–H groups in total. The number of benzene rings is 2. The van der Waals surface area contributed by atoms with E-state index in [2.05, 4.69) is 13.8 Å². The third-order valence-corrected chi connectivity index (χ3v) is 4.43. The summed E-state index contributed by atoms with van der Waals surface area (Å²) < 4.78 is 5.40. The molecule has 0 fully saturated rings. The van der Waals surface area contributed by atoms with Gasteiger partial charge in [0.1, 0.15) is 11.5 Å². The van der Waals surface area contributed by atoms with Crippen molar-refractivity contribution < 1.29 is 24.5 Å². The number of aliphatic hydroxyl groups excluding tert-OH is 1. The van der Waals surface area contributed by atoms with Crippen LogP contribution in [-0.2, 0) is 16.2 Å². The van der Waals surface area contributed by atoms with Crippen molar-refractivity contribution >= 4 is 23.7 Å². The molecule has 152 valence electrons. The lowest BCUT2D eigenvalue weighted by Gasteiger charge is -2.12. The molecule has 0 aromatic heterocycles. The maximum absolute atomic E-state index is 12.1. The molecule has 2 aromatic rings. The van der Waals surface area contributed by atoms with E-state index in [9.17, 15) is 14.7 Å². The molecule has 0 atom stereocenters. The van der Waals surface area contributed by atoms with Crippen LogP contribution in [0, 0.1) is 0 Å². The predicted molar refractivity (Wildman–Crippen MR) is 114 cm³/mol. The summed E-state index contributed by atoms with van der Waals surface area (Å²) >= 11 is 0. The second-order valence-electron chi connectivity index (χ2n) is 6.98. The fourth-order valence-corrected chi connectivity index (χ4v) is 2.81. The van der Waals surface area contributed by atoms with E-state index in [1.165, 1.54) is 18.2 Å². The molecule has 2 rings (SSSR count). The van der Waals surface area contributed by atoms with Crippen LogP contribution in [0.15, 0.2) is 48.6 Å². The van der Waals surface area contributed by atoms with Gasteiger partial charge in [-0.2, -0.15) is 0 Å². The first kappa shape index (κ1) is 22.1. The highest BCUT2D eigenvalue weighted by molar-refractivity contribution is 6.10. The van der Waals surface area contributed by atoms with E-state index >= 15 is 0 Å². The van der Waals surface area contributed by atoms with Crippen LogP contribution in [-0.4, -0.2) is 28.9 Å². The van der Waals surface area contributed by atoms with E-state index in [0.29, 0.717) is 17.0 Å². The molecule has 0 aliphatic rings. The number of aromatic hydroxyl groups is 1. The van der Waals surface area contributed by atoms with Gasteiger partial charge in [0.05, 0.1) is 20.1 Å². The van der Waals surface area contributed by atoms with E-state index in [1.807, 2.05) is 18.2 Å². The molecule has 0 bridgehead atoms. The van der Waals surface area contributed by atoms with Gasteiger partial charge in [0.15, 0.2) is 11.6 Å². The molecule has 0 aliphatic heterocycles. The van der Waals surface area contributed by atoms with Crippen LogP contribution < -0.4 is 4.74 Å². The van der Waals surface area contributed by atoms with Gasteiger partial charge < -0.3 is 14.9 Å². The number of hydrogen-bond donors (Lipinski definition) is 2. The SMILES string of the molecule is COc1cc(C=CC(=O)CC(=O)C=Cc2ccc(O)c(CO)c2)ccc1C(C)C. The molecule has 5 nitrogen and oxygen atoms in total. The van der Waals surface area contributed by atoms with Crippen LogP contribution >= 0.6 is 0 Å². The highest BCUT2D eigenvalue weighted by Gasteiger charge is 2.08. The van der Waals surface area contributed by atoms with Gasteiger partial charge >= 0.3 is 0 Å². The molecule has 2 aromatic carbocycles. The van der Waals surface area contributed by atoms with Gasteiger partial charge in [-0.1, -0.05) is 44.2 Å². The minimum atomic E-state index is -0.328. The smallest absolute Gasteiger partial charge is 0.163 e. The van der Waals surface area contributed by atoms with Crippen molar-refractivity contribution in [1.29, 1.82) is 0 Å². The average molecular weight is 394 g/mol. The third kappa shape index (κ3) is 6.43. The van der Waals surface area contributed by atoms with Crippen molar-refractivity contribution in [1.82, 2.24) is 0 Å². The van der Waals surface area contributed by atoms with E-state index in [0.717, 1.165) is 16.9 Å². The van der Waals surface area contributed by atoms with Crippen molar-refractivity contribution in [3.05, 3.63) is 70.8 Å². The molecule has 0 radical (unpaired) electrons. The normalized spacial score (nSPS) is 11.5. The molecule has 29 heavy (non-hydrogen) atoms. The Morgan fingerprint density at radius 1 is 1.00 bits per heavy atom. The van der Waals surface area contributed by atoms with Gasteiger partial charge in [-0.15, -0.1) is 0 Å². The number of carbonyl (C=O) groups is 2. The molecule has 0 spiro atoms. The second kappa shape index (κ2) is 10.4. The fraction of sp³-hybridized carbons (Fsp3) is 0.250. The summed E-state index contributed by atoms with van der Waals surface area (Å²) in [7, 11) is 1.61. The summed E-state index contributed by atoms with van der Waals surface area (Å²) in [4.78, 5) is 24.1. The Bertz CT molecular complexity index is 938. The molecule has 5 heteroatoms. The number of phenols is 1. The number of ether oxygens (including phenoxy) is 1. The van der Waals surface area contributed by atoms with E-state index in [4.69, 9.17) is 9.84 Å². The zero-order valence-corrected chi connectivity index (χ0v) is 16.9. The van der Waals surface area contributed by atoms with Crippen LogP contribution in [0.1, 0.15) is 48.4 Å². The summed E-state index contributed by atoms with van der Waals surface area (Å²) in [5, 5.41) is 18.7. The van der Waals surface area contributed by atoms with Crippen LogP contribution in [0.3, 0.4) is 0 Å². The van der Waals surface area contributed by atoms with Crippen LogP contribution in [0.25, 0.3) is 12.2 Å². The van der Waals surface area contributed by atoms with Crippen molar-refractivity contribution in [3.63, 3.8) is 0 Å². The van der Waals surface area contributed by atoms with Crippen molar-refractivity contribution in [2.24, 2.45) is 0 Å². The minimum absolute atomic E-state index is 0.00523. The summed E-state index contributed by atoms with van der Waals surface area (Å²) in [6.07, 6.45) is 5.69. The van der Waals surface area contributed by atoms with Crippen LogP contribution in [0.2, 0.25) is 0 Å². The standard InChI is InChI=1S/C24H26O5/c1-16(2)22-10-6-18(13-24(22)29-3)5-9-21(27)14-20(26)8-4-17-7-11-23(28)19(12-17)15-25/h4-13,16,25,28H,14-15H2,1-3H3. The summed E-state index contributed by atoms with van der Waals surface area (Å²) in [6.45, 7) is 3.87. The summed E-state index contributed by atoms with van der Waals surface area (Å²) in [5.41, 5.74) is 2.94. The third-order valence-electron chi connectivity index (χ3n) is 4.43. The van der Waals surface area contributed by atoms with Gasteiger partial charge in [-0.05, 0) is 53.0 Å². The Balaban J connectivity index is 1.98. The molecule has 0 heterocycles. The van der Waals surface area contributed by atoms with E-state index in [-0.39, 0.29) is 30.3 Å². The number of methoxy groups -OCH3 is 1. The van der Waals surface area contributed by atoms with Crippen molar-refractivity contribution in [2.45, 2.75) is 32.8 Å². The lowest BCUT2D eigenvalue weighted by atomic mass is 10.00. The average Bonchev–Trinajstić information content (AvgIpc) is 2.71. The maximum atomic E-state index is 12.1. The zero-order chi connectivity index (χ0) is 21.4. The highest BCUT2D eigenvalue weighted by Crippen LogP contribution is 2.27. The largest absolute Gasteiger partial charge is 0.508 e. The number of allylic oxidation sites excluding steroid dienone is 2. The lowest BCUT2D eigenvalue weighted by Crippen LogP contribution is -2.02. The Morgan fingerprint density at radius 3 is 2.14 bits per heavy atom. The topological polar surface area (TPSA) is 83.8 Å². The van der Waals surface area contributed by atoms with Gasteiger partial charge in [0, 0.05) is 5.56 Å². The minimum Gasteiger partial charge on any atom is -0.508 e. The second-order valence-corrected chi connectivity index (χ2v) is 6.98. The van der Waals surface area contributed by atoms with Crippen molar-refractivity contribution in [2.75, 3.05) is 7.11 Å². The monoisotopic (exact) mass is 394 g/mol. The van der Waals surface area contributed by atoms with E-state index in [1.54, 1.807) is 31.4 Å². The van der Waals surface area contributed by atoms with E-state index < -0.39 is 0 Å². The molecule has 0 saturated carbocycles. The Labute approximate surface area is 171 Å². The Morgan fingerprint density at radius 2 is 1.59 bits per heavy atom. The molecule has 0 unspecified atom stereocenters. The van der Waals surface area contributed by atoms with Crippen molar-refractivity contribution in [3.8, 4) is 11.5 Å². The Hall–Kier alpha value is -3.18. The first-order chi connectivity index (χ1) is 13.8. The zero-order valence-electron chi connectivity index (χ0n) is 16.9. The summed E-state index contributed by atoms with van der Waals surface area (Å²) in [6, 6.07) is 10.4. The number of rotatable bonds is 9. The molecular weight excluding hydrogens is 368 g/mol. The maximum Gasteiger partial charge on any atom is 0.163 e. The van der Waals surface area contributed by atoms with Crippen LogP contribution in [0.5, 0.6) is 11.5 Å². The van der Waals surface area contributed by atoms with Gasteiger partial charge in [-0.25, -0.2) is 0 Å². The first-order valence-electron chi connectivity index (χ1n) is 9.36. The highest BCUT2D eigenvalue weighted by atomic mass is 16.5. The molecular formula is C24H26O5. The number of aliphatic hydroxyl groups is 1. The predicted octanol–water partition coefficient (Wildman–Crippen LogP) is 4.27. The molecule has 0 aliphatic carbocycles. The van der Waals surface area contributed by atoms with Gasteiger partial charge in [0.2, 0.25) is 0 Å². The number of hydrogen-bond acceptors (Lipinski definition) is 5. The molecule has 0 saturated heterocycles. The molecule has 0 amide bonds. The first-order valence-corrected chi connectivity index (χ1v) is 9.36. The lowest BCUT2D eigenvalue weighted by molar-refractivity contribution is -0.121. The fourth-order valence-electron chi connectivity index (χ4n) is 2.81.